The van der Waals surface area contributed by atoms with E-state index in [-0.39, 0.29) is 17.1 Å². The highest BCUT2D eigenvalue weighted by molar-refractivity contribution is 7.99. The number of H-pyrrole nitrogens is 1. The van der Waals surface area contributed by atoms with Crippen molar-refractivity contribution in [3.05, 3.63) is 39.4 Å². The van der Waals surface area contributed by atoms with Gasteiger partial charge in [0.1, 0.15) is 5.25 Å². The fraction of sp³-hybridized carbons (Fsp3) is 0.474. The van der Waals surface area contributed by atoms with E-state index in [2.05, 4.69) is 10.3 Å². The number of hydrogen-bond acceptors (Lipinski definition) is 4. The molecule has 0 spiro atoms. The van der Waals surface area contributed by atoms with Gasteiger partial charge in [0, 0.05) is 22.7 Å². The average Bonchev–Trinajstić information content (AvgIpc) is 3.01. The number of aromatic amines is 1. The number of thioether (sulfide) groups is 1. The molecule has 25 heavy (non-hydrogen) atoms. The maximum absolute atomic E-state index is 11.9. The van der Waals surface area contributed by atoms with Crippen molar-refractivity contribution >= 4 is 29.7 Å². The number of aryl methyl sites for hydroxylation is 1. The van der Waals surface area contributed by atoms with Gasteiger partial charge < -0.3 is 15.0 Å². The summed E-state index contributed by atoms with van der Waals surface area (Å²) in [7, 11) is 1.42. The summed E-state index contributed by atoms with van der Waals surface area (Å²) in [6, 6.07) is 0. The molecule has 0 bridgehead atoms. The number of carbonyl (C=O) groups is 2. The Labute approximate surface area is 153 Å². The molecule has 0 aliphatic carbocycles. The summed E-state index contributed by atoms with van der Waals surface area (Å²) in [6.45, 7) is 7.95. The Morgan fingerprint density at radius 1 is 1.32 bits per heavy atom. The van der Waals surface area contributed by atoms with E-state index in [1.807, 2.05) is 40.0 Å². The Bertz CT molecular complexity index is 759. The van der Waals surface area contributed by atoms with Crippen LogP contribution in [0, 0.1) is 13.8 Å². The number of hydrogen-bond donors (Lipinski definition) is 2. The molecule has 2 N–H and O–H groups in total. The second-order valence-electron chi connectivity index (χ2n) is 6.19. The van der Waals surface area contributed by atoms with E-state index in [0.29, 0.717) is 6.42 Å². The van der Waals surface area contributed by atoms with Crippen molar-refractivity contribution in [2.75, 3.05) is 13.4 Å². The van der Waals surface area contributed by atoms with Crippen LogP contribution in [-0.2, 0) is 20.7 Å². The van der Waals surface area contributed by atoms with Crippen LogP contribution in [-0.4, -0.2) is 35.5 Å². The third-order valence-electron chi connectivity index (χ3n) is 4.78. The first-order valence-corrected chi connectivity index (χ1v) is 9.64. The maximum atomic E-state index is 11.9. The van der Waals surface area contributed by atoms with Crippen LogP contribution in [0.25, 0.3) is 6.08 Å². The minimum absolute atomic E-state index is 0.0302. The second-order valence-corrected chi connectivity index (χ2v) is 7.23. The van der Waals surface area contributed by atoms with Crippen LogP contribution in [0.1, 0.15) is 42.8 Å². The van der Waals surface area contributed by atoms with Gasteiger partial charge in [0.15, 0.2) is 0 Å². The number of allylic oxidation sites excluding steroid dienone is 1. The number of carbonyl (C=O) groups excluding carboxylic acids is 2. The van der Waals surface area contributed by atoms with Crippen molar-refractivity contribution in [2.45, 2.75) is 45.8 Å². The summed E-state index contributed by atoms with van der Waals surface area (Å²) < 4.78 is 4.89. The first-order chi connectivity index (χ1) is 11.8. The molecule has 0 aromatic carbocycles. The van der Waals surface area contributed by atoms with Gasteiger partial charge >= 0.3 is 5.97 Å². The lowest BCUT2D eigenvalue weighted by molar-refractivity contribution is -0.139. The van der Waals surface area contributed by atoms with Crippen molar-refractivity contribution in [2.24, 2.45) is 0 Å². The minimum Gasteiger partial charge on any atom is -0.468 e. The molecular formula is C19H26N2O3S. The topological polar surface area (TPSA) is 71.2 Å². The number of esters is 1. The van der Waals surface area contributed by atoms with Crippen molar-refractivity contribution in [3.63, 3.8) is 0 Å². The Balaban J connectivity index is 2.36. The van der Waals surface area contributed by atoms with Gasteiger partial charge in [-0.3, -0.25) is 9.59 Å². The SMILES string of the molecule is CCC1=C(C)C(=O)N/C1=C/c1[nH]c(C)c(CC(SC)C(=O)OC)c1C. The molecule has 1 aliphatic heterocycles. The van der Waals surface area contributed by atoms with E-state index in [1.165, 1.54) is 18.9 Å². The molecule has 2 rings (SSSR count). The van der Waals surface area contributed by atoms with E-state index < -0.39 is 0 Å². The highest BCUT2D eigenvalue weighted by Gasteiger charge is 2.24. The predicted molar refractivity (Wildman–Crippen MR) is 102 cm³/mol. The number of methoxy groups -OCH3 is 1. The third kappa shape index (κ3) is 3.84. The van der Waals surface area contributed by atoms with Gasteiger partial charge in [-0.2, -0.15) is 0 Å². The van der Waals surface area contributed by atoms with E-state index in [1.54, 1.807) is 0 Å². The maximum Gasteiger partial charge on any atom is 0.319 e. The molecule has 1 aliphatic rings. The van der Waals surface area contributed by atoms with E-state index in [4.69, 9.17) is 4.74 Å². The van der Waals surface area contributed by atoms with Crippen LogP contribution in [0.3, 0.4) is 0 Å². The Kier molecular flexibility index (Phi) is 6.16. The molecule has 5 nitrogen and oxygen atoms in total. The molecule has 1 amide bonds. The number of nitrogens with one attached hydrogen (secondary N) is 2. The quantitative estimate of drug-likeness (QED) is 0.762. The van der Waals surface area contributed by atoms with Gasteiger partial charge in [0.05, 0.1) is 7.11 Å². The lowest BCUT2D eigenvalue weighted by Gasteiger charge is -2.12. The normalized spacial score (nSPS) is 17.2. The van der Waals surface area contributed by atoms with Crippen LogP contribution in [0.2, 0.25) is 0 Å². The summed E-state index contributed by atoms with van der Waals surface area (Å²) in [5.41, 5.74) is 6.92. The first kappa shape index (κ1) is 19.4. The van der Waals surface area contributed by atoms with Gasteiger partial charge in [0.2, 0.25) is 0 Å². The summed E-state index contributed by atoms with van der Waals surface area (Å²) in [5.74, 6) is -0.236. The highest BCUT2D eigenvalue weighted by atomic mass is 32.2. The van der Waals surface area contributed by atoms with Gasteiger partial charge in [-0.15, -0.1) is 11.8 Å². The summed E-state index contributed by atoms with van der Waals surface area (Å²) in [6.07, 6.45) is 5.33. The van der Waals surface area contributed by atoms with E-state index in [9.17, 15) is 9.59 Å². The molecule has 0 saturated carbocycles. The number of amides is 1. The van der Waals surface area contributed by atoms with Crippen LogP contribution in [0.15, 0.2) is 16.8 Å². The summed E-state index contributed by atoms with van der Waals surface area (Å²) >= 11 is 1.49. The number of rotatable bonds is 6. The molecular weight excluding hydrogens is 336 g/mol. The van der Waals surface area contributed by atoms with Crippen molar-refractivity contribution < 1.29 is 14.3 Å². The fourth-order valence-corrected chi connectivity index (χ4v) is 3.82. The minimum atomic E-state index is -0.224. The monoisotopic (exact) mass is 362 g/mol. The van der Waals surface area contributed by atoms with Gasteiger partial charge in [-0.05, 0) is 62.6 Å². The Morgan fingerprint density at radius 2 is 2.00 bits per heavy atom. The predicted octanol–water partition coefficient (Wildman–Crippen LogP) is 3.28. The Morgan fingerprint density at radius 3 is 2.56 bits per heavy atom. The molecule has 1 unspecified atom stereocenters. The standard InChI is InChI=1S/C19H26N2O3S/c1-7-13-11(3)18(22)21-16(13)9-15-10(2)14(12(4)20-15)8-17(25-6)19(23)24-5/h9,17,20H,7-8H2,1-6H3,(H,21,22)/b16-9+. The smallest absolute Gasteiger partial charge is 0.319 e. The van der Waals surface area contributed by atoms with Crippen molar-refractivity contribution in [1.29, 1.82) is 0 Å². The molecule has 2 heterocycles. The zero-order chi connectivity index (χ0) is 18.7. The third-order valence-corrected chi connectivity index (χ3v) is 5.71. The van der Waals surface area contributed by atoms with Gasteiger partial charge in [0.25, 0.3) is 5.91 Å². The van der Waals surface area contributed by atoms with Crippen LogP contribution in [0.4, 0.5) is 0 Å². The fourth-order valence-electron chi connectivity index (χ4n) is 3.20. The highest BCUT2D eigenvalue weighted by Crippen LogP contribution is 2.28. The zero-order valence-electron chi connectivity index (χ0n) is 15.7. The zero-order valence-corrected chi connectivity index (χ0v) is 16.5. The molecule has 1 aromatic heterocycles. The molecule has 1 atom stereocenters. The van der Waals surface area contributed by atoms with Crippen LogP contribution in [0.5, 0.6) is 0 Å². The molecule has 136 valence electrons. The van der Waals surface area contributed by atoms with Crippen LogP contribution >= 0.6 is 11.8 Å². The van der Waals surface area contributed by atoms with Crippen molar-refractivity contribution in [3.8, 4) is 0 Å². The molecule has 0 fully saturated rings. The summed E-state index contributed by atoms with van der Waals surface area (Å²) in [5, 5.41) is 2.71. The van der Waals surface area contributed by atoms with Gasteiger partial charge in [-0.25, -0.2) is 0 Å². The lowest BCUT2D eigenvalue weighted by Crippen LogP contribution is -2.21. The molecule has 1 aromatic rings. The number of ether oxygens (including phenoxy) is 1. The van der Waals surface area contributed by atoms with Crippen LogP contribution < -0.4 is 5.32 Å². The number of aromatic nitrogens is 1. The van der Waals surface area contributed by atoms with E-state index in [0.717, 1.165) is 45.8 Å². The second kappa shape index (κ2) is 7.95. The summed E-state index contributed by atoms with van der Waals surface area (Å²) in [4.78, 5) is 27.2. The molecule has 6 heteroatoms. The van der Waals surface area contributed by atoms with Gasteiger partial charge in [-0.1, -0.05) is 6.92 Å². The first-order valence-electron chi connectivity index (χ1n) is 8.35. The van der Waals surface area contributed by atoms with Crippen molar-refractivity contribution in [1.82, 2.24) is 10.3 Å². The van der Waals surface area contributed by atoms with E-state index >= 15 is 0 Å². The Hall–Kier alpha value is -1.95. The molecule has 0 saturated heterocycles. The largest absolute Gasteiger partial charge is 0.468 e. The lowest BCUT2D eigenvalue weighted by atomic mass is 10.0. The molecule has 0 radical (unpaired) electrons. The average molecular weight is 362 g/mol.